The molecule has 2 aliphatic carbocycles. The molecule has 9 heteroatoms. The Kier molecular flexibility index (Phi) is 12.9. The largest absolute Gasteiger partial charge is 0.504 e. The van der Waals surface area contributed by atoms with Crippen molar-refractivity contribution in [2.24, 2.45) is 11.8 Å². The van der Waals surface area contributed by atoms with Crippen molar-refractivity contribution >= 4 is 0 Å². The van der Waals surface area contributed by atoms with Crippen LogP contribution in [0.1, 0.15) is 104 Å². The van der Waals surface area contributed by atoms with E-state index in [1.165, 1.54) is 36.9 Å². The lowest BCUT2D eigenvalue weighted by molar-refractivity contribution is 0.175. The van der Waals surface area contributed by atoms with E-state index in [0.717, 1.165) is 72.9 Å². The number of aromatic amines is 1. The summed E-state index contributed by atoms with van der Waals surface area (Å²) in [5.41, 5.74) is 5.76. The van der Waals surface area contributed by atoms with Gasteiger partial charge in [-0.3, -0.25) is 0 Å². The number of nitrogens with one attached hydrogen (secondary N) is 4. The van der Waals surface area contributed by atoms with Gasteiger partial charge in [0.25, 0.3) is 0 Å². The summed E-state index contributed by atoms with van der Waals surface area (Å²) in [6.07, 6.45) is 10.1. The van der Waals surface area contributed by atoms with E-state index >= 15 is 0 Å². The minimum absolute atomic E-state index is 0.00562. The molecule has 47 heavy (non-hydrogen) atoms. The molecule has 0 bridgehead atoms. The highest BCUT2D eigenvalue weighted by molar-refractivity contribution is 5.42. The number of likely N-dealkylation sites (N-methyl/N-ethyl adjacent to an activating group) is 2. The third-order valence-corrected chi connectivity index (χ3v) is 10.5. The standard InChI is InChI=1S/C38H58N4O5/c1-5-6-10-36-27(22-43)18-28(47-36)14-11-25-12-16-35(45)37(17-25)46-23-34(40-4)32-19-30-31(42-32)15-13-26-8-7-9-29(26)38(30)33(21-39-3)41-20-24(2)44/h12,16-19,24,26,29,33-34,38-45H,5-11,13-15,20-23H2,1-4H3. The van der Waals surface area contributed by atoms with Crippen molar-refractivity contribution < 1.29 is 24.5 Å². The molecule has 0 amide bonds. The first kappa shape index (κ1) is 35.5. The minimum atomic E-state index is -0.394. The van der Waals surface area contributed by atoms with Crippen molar-refractivity contribution in [2.45, 2.75) is 109 Å². The fourth-order valence-electron chi connectivity index (χ4n) is 8.00. The number of rotatable bonds is 18. The molecule has 2 aliphatic rings. The Morgan fingerprint density at radius 3 is 2.66 bits per heavy atom. The molecule has 7 N–H and O–H groups in total. The number of H-pyrrole nitrogens is 1. The molecular weight excluding hydrogens is 592 g/mol. The van der Waals surface area contributed by atoms with Gasteiger partial charge in [-0.2, -0.15) is 0 Å². The molecule has 2 heterocycles. The van der Waals surface area contributed by atoms with E-state index in [0.29, 0.717) is 37.2 Å². The molecule has 2 aromatic heterocycles. The average molecular weight is 651 g/mol. The predicted molar refractivity (Wildman–Crippen MR) is 186 cm³/mol. The van der Waals surface area contributed by atoms with Crippen molar-refractivity contribution in [3.63, 3.8) is 0 Å². The Labute approximate surface area is 280 Å². The lowest BCUT2D eigenvalue weighted by Gasteiger charge is -2.35. The number of unbranched alkanes of at least 4 members (excludes halogenated alkanes) is 1. The van der Waals surface area contributed by atoms with Crippen LogP contribution in [-0.4, -0.2) is 66.2 Å². The maximum atomic E-state index is 10.7. The molecule has 0 radical (unpaired) electrons. The number of hydrogen-bond acceptors (Lipinski definition) is 8. The number of aromatic hydroxyl groups is 1. The van der Waals surface area contributed by atoms with Gasteiger partial charge in [0.05, 0.1) is 18.8 Å². The highest BCUT2D eigenvalue weighted by Gasteiger charge is 2.42. The van der Waals surface area contributed by atoms with Crippen LogP contribution in [0, 0.1) is 11.8 Å². The summed E-state index contributed by atoms with van der Waals surface area (Å²) >= 11 is 0. The summed E-state index contributed by atoms with van der Waals surface area (Å²) in [7, 11) is 3.96. The minimum Gasteiger partial charge on any atom is -0.504 e. The van der Waals surface area contributed by atoms with Crippen LogP contribution in [-0.2, 0) is 32.3 Å². The molecule has 260 valence electrons. The number of phenols is 1. The zero-order valence-electron chi connectivity index (χ0n) is 28.9. The van der Waals surface area contributed by atoms with Crippen molar-refractivity contribution in [1.29, 1.82) is 0 Å². The number of aromatic nitrogens is 1. The third kappa shape index (κ3) is 8.81. The SMILES string of the molecule is CCCCc1oc(CCc2ccc(O)c(OCC(NC)c3cc4c([nH]3)CCC3CCCC3C4C(CNC)NCC(C)O)c2)cc1CO. The zero-order valence-corrected chi connectivity index (χ0v) is 28.9. The number of aryl methyl sites for hydroxylation is 4. The molecule has 1 fully saturated rings. The van der Waals surface area contributed by atoms with Crippen LogP contribution in [0.15, 0.2) is 34.7 Å². The second-order valence-corrected chi connectivity index (χ2v) is 13.9. The molecule has 6 unspecified atom stereocenters. The molecule has 5 rings (SSSR count). The van der Waals surface area contributed by atoms with E-state index in [9.17, 15) is 15.3 Å². The number of ether oxygens (including phenoxy) is 1. The third-order valence-electron chi connectivity index (χ3n) is 10.5. The van der Waals surface area contributed by atoms with Crippen molar-refractivity contribution in [3.8, 4) is 11.5 Å². The van der Waals surface area contributed by atoms with Gasteiger partial charge in [0.1, 0.15) is 18.1 Å². The van der Waals surface area contributed by atoms with Gasteiger partial charge in [-0.25, -0.2) is 0 Å². The van der Waals surface area contributed by atoms with Gasteiger partial charge in [0, 0.05) is 54.8 Å². The van der Waals surface area contributed by atoms with E-state index in [4.69, 9.17) is 9.15 Å². The number of hydrogen-bond donors (Lipinski definition) is 7. The van der Waals surface area contributed by atoms with Crippen LogP contribution < -0.4 is 20.7 Å². The smallest absolute Gasteiger partial charge is 0.161 e. The first-order chi connectivity index (χ1) is 22.8. The Morgan fingerprint density at radius 1 is 1.06 bits per heavy atom. The Balaban J connectivity index is 1.29. The lowest BCUT2D eigenvalue weighted by Crippen LogP contribution is -2.47. The number of aliphatic hydroxyl groups is 2. The maximum absolute atomic E-state index is 10.7. The number of aliphatic hydroxyl groups excluding tert-OH is 2. The topological polar surface area (TPSA) is 135 Å². The molecule has 3 aromatic rings. The second kappa shape index (κ2) is 17.0. The fourth-order valence-corrected chi connectivity index (χ4v) is 8.00. The van der Waals surface area contributed by atoms with Crippen molar-refractivity contribution in [1.82, 2.24) is 20.9 Å². The molecular formula is C38H58N4O5. The number of benzene rings is 1. The van der Waals surface area contributed by atoms with E-state index in [1.807, 2.05) is 39.2 Å². The normalized spacial score (nSPS) is 21.2. The highest BCUT2D eigenvalue weighted by atomic mass is 16.5. The van der Waals surface area contributed by atoms with E-state index in [-0.39, 0.29) is 24.4 Å². The highest BCUT2D eigenvalue weighted by Crippen LogP contribution is 2.49. The van der Waals surface area contributed by atoms with Crippen LogP contribution in [0.5, 0.6) is 11.5 Å². The summed E-state index contributed by atoms with van der Waals surface area (Å²) in [5, 5.41) is 41.1. The van der Waals surface area contributed by atoms with Gasteiger partial charge < -0.3 is 45.4 Å². The van der Waals surface area contributed by atoms with Crippen molar-refractivity contribution in [2.75, 3.05) is 33.8 Å². The molecule has 1 saturated carbocycles. The molecule has 1 aromatic carbocycles. The first-order valence-corrected chi connectivity index (χ1v) is 18.0. The molecule has 0 spiro atoms. The average Bonchev–Trinajstić information content (AvgIpc) is 3.79. The molecule has 0 aliphatic heterocycles. The summed E-state index contributed by atoms with van der Waals surface area (Å²) in [4.78, 5) is 3.80. The molecule has 0 saturated heterocycles. The van der Waals surface area contributed by atoms with Crippen LogP contribution in [0.4, 0.5) is 0 Å². The second-order valence-electron chi connectivity index (χ2n) is 13.9. The summed E-state index contributed by atoms with van der Waals surface area (Å²) in [6, 6.07) is 10.0. The quantitative estimate of drug-likeness (QED) is 0.0990. The Morgan fingerprint density at radius 2 is 1.91 bits per heavy atom. The maximum Gasteiger partial charge on any atom is 0.161 e. The monoisotopic (exact) mass is 650 g/mol. The van der Waals surface area contributed by atoms with Crippen LogP contribution in [0.25, 0.3) is 0 Å². The van der Waals surface area contributed by atoms with Crippen molar-refractivity contribution in [3.05, 3.63) is 69.9 Å². The fraction of sp³-hybridized carbons (Fsp3) is 0.632. The Bertz CT molecular complexity index is 1400. The van der Waals surface area contributed by atoms with Gasteiger partial charge in [-0.1, -0.05) is 32.3 Å². The van der Waals surface area contributed by atoms with Gasteiger partial charge in [0.15, 0.2) is 11.5 Å². The van der Waals surface area contributed by atoms with Gasteiger partial charge in [0.2, 0.25) is 0 Å². The van der Waals surface area contributed by atoms with E-state index in [2.05, 4.69) is 33.9 Å². The first-order valence-electron chi connectivity index (χ1n) is 18.0. The summed E-state index contributed by atoms with van der Waals surface area (Å²) in [5.74, 6) is 4.09. The number of furan rings is 1. The van der Waals surface area contributed by atoms with Crippen LogP contribution in [0.2, 0.25) is 0 Å². The number of phenolic OH excluding ortho intramolecular Hbond substituents is 1. The van der Waals surface area contributed by atoms with E-state index < -0.39 is 6.10 Å². The zero-order chi connectivity index (χ0) is 33.3. The van der Waals surface area contributed by atoms with Gasteiger partial charge >= 0.3 is 0 Å². The van der Waals surface area contributed by atoms with Gasteiger partial charge in [-0.15, -0.1) is 0 Å². The lowest BCUT2D eigenvalue weighted by atomic mass is 9.76. The number of fused-ring (bicyclic) bond motifs is 2. The molecule has 6 atom stereocenters. The Hall–Kier alpha value is -2.82. The summed E-state index contributed by atoms with van der Waals surface area (Å²) < 4.78 is 12.4. The predicted octanol–water partition coefficient (Wildman–Crippen LogP) is 5.28. The van der Waals surface area contributed by atoms with Crippen LogP contribution in [0.3, 0.4) is 0 Å². The summed E-state index contributed by atoms with van der Waals surface area (Å²) in [6.45, 7) is 5.77. The van der Waals surface area contributed by atoms with Gasteiger partial charge in [-0.05, 0) is 100 Å². The van der Waals surface area contributed by atoms with Crippen LogP contribution >= 0.6 is 0 Å². The molecule has 9 nitrogen and oxygen atoms in total. The van der Waals surface area contributed by atoms with E-state index in [1.54, 1.807) is 6.07 Å².